The zero-order valence-electron chi connectivity index (χ0n) is 11.8. The molecular weight excluding hydrogens is 269 g/mol. The van der Waals surface area contributed by atoms with Gasteiger partial charge in [0.05, 0.1) is 11.0 Å². The fraction of sp³-hybridized carbons (Fsp3) is 0.500. The molecule has 112 valence electrons. The minimum Gasteiger partial charge on any atom is -0.359 e. The quantitative estimate of drug-likeness (QED) is 0.874. The van der Waals surface area contributed by atoms with Crippen LogP contribution in [-0.2, 0) is 17.5 Å². The van der Waals surface area contributed by atoms with Crippen LogP contribution in [0.1, 0.15) is 25.0 Å². The third kappa shape index (κ3) is 4.23. The molecule has 0 aromatic heterocycles. The molecule has 1 aromatic carbocycles. The van der Waals surface area contributed by atoms with Crippen molar-refractivity contribution in [2.45, 2.75) is 26.6 Å². The summed E-state index contributed by atoms with van der Waals surface area (Å²) in [5.41, 5.74) is -1.15. The fourth-order valence-corrected chi connectivity index (χ4v) is 1.88. The second kappa shape index (κ2) is 6.26. The molecule has 1 amide bonds. The molecule has 1 aromatic rings. The summed E-state index contributed by atoms with van der Waals surface area (Å²) < 4.78 is 38.4. The Labute approximate surface area is 116 Å². The molecule has 0 aliphatic heterocycles. The number of halogens is 3. The molecule has 0 saturated heterocycles. The van der Waals surface area contributed by atoms with Gasteiger partial charge in [-0.25, -0.2) is 0 Å². The fourth-order valence-electron chi connectivity index (χ4n) is 1.88. The van der Waals surface area contributed by atoms with Crippen molar-refractivity contribution in [2.75, 3.05) is 13.6 Å². The number of carbonyl (C=O) groups excluding carboxylic acids is 1. The molecule has 0 fully saturated rings. The normalized spacial score (nSPS) is 12.3. The second-order valence-corrected chi connectivity index (χ2v) is 5.22. The predicted octanol–water partition coefficient (Wildman–Crippen LogP) is 2.57. The second-order valence-electron chi connectivity index (χ2n) is 5.22. The summed E-state index contributed by atoms with van der Waals surface area (Å²) in [5.74, 6) is -0.158. The lowest BCUT2D eigenvalue weighted by molar-refractivity contribution is -0.138. The van der Waals surface area contributed by atoms with Crippen LogP contribution in [0.2, 0.25) is 0 Å². The molecule has 0 saturated carbocycles. The van der Waals surface area contributed by atoms with E-state index in [0.29, 0.717) is 6.54 Å². The van der Waals surface area contributed by atoms with Gasteiger partial charge in [0.25, 0.3) is 0 Å². The molecule has 2 N–H and O–H groups in total. The topological polar surface area (TPSA) is 41.1 Å². The van der Waals surface area contributed by atoms with Gasteiger partial charge in [-0.15, -0.1) is 0 Å². The van der Waals surface area contributed by atoms with Crippen LogP contribution in [0.3, 0.4) is 0 Å². The SMILES string of the molecule is CNC(=O)C(C)(C)CNCc1ccccc1C(F)(F)F. The number of hydrogen-bond donors (Lipinski definition) is 2. The predicted molar refractivity (Wildman–Crippen MR) is 71.0 cm³/mol. The van der Waals surface area contributed by atoms with E-state index in [-0.39, 0.29) is 18.0 Å². The molecule has 0 heterocycles. The van der Waals surface area contributed by atoms with E-state index in [1.807, 2.05) is 0 Å². The lowest BCUT2D eigenvalue weighted by Gasteiger charge is -2.23. The number of benzene rings is 1. The van der Waals surface area contributed by atoms with Crippen molar-refractivity contribution < 1.29 is 18.0 Å². The first-order valence-electron chi connectivity index (χ1n) is 6.26. The molecule has 0 spiro atoms. The minimum absolute atomic E-state index is 0.0656. The number of carbonyl (C=O) groups is 1. The average molecular weight is 288 g/mol. The molecule has 1 rings (SSSR count). The highest BCUT2D eigenvalue weighted by Gasteiger charge is 2.33. The van der Waals surface area contributed by atoms with Crippen molar-refractivity contribution in [2.24, 2.45) is 5.41 Å². The van der Waals surface area contributed by atoms with Gasteiger partial charge >= 0.3 is 6.18 Å². The monoisotopic (exact) mass is 288 g/mol. The highest BCUT2D eigenvalue weighted by Crippen LogP contribution is 2.31. The molecule has 6 heteroatoms. The van der Waals surface area contributed by atoms with E-state index < -0.39 is 17.2 Å². The number of amides is 1. The molecule has 0 bridgehead atoms. The highest BCUT2D eigenvalue weighted by atomic mass is 19.4. The molecule has 0 unspecified atom stereocenters. The third-order valence-corrected chi connectivity index (χ3v) is 3.05. The van der Waals surface area contributed by atoms with Crippen molar-refractivity contribution >= 4 is 5.91 Å². The van der Waals surface area contributed by atoms with Crippen molar-refractivity contribution in [1.82, 2.24) is 10.6 Å². The van der Waals surface area contributed by atoms with Gasteiger partial charge in [0.2, 0.25) is 5.91 Å². The third-order valence-electron chi connectivity index (χ3n) is 3.05. The Morgan fingerprint density at radius 2 is 1.80 bits per heavy atom. The Morgan fingerprint density at radius 1 is 1.20 bits per heavy atom. The summed E-state index contributed by atoms with van der Waals surface area (Å²) in [5, 5.41) is 5.44. The first kappa shape index (κ1) is 16.5. The van der Waals surface area contributed by atoms with E-state index >= 15 is 0 Å². The van der Waals surface area contributed by atoms with E-state index in [9.17, 15) is 18.0 Å². The standard InChI is InChI=1S/C14H19F3N2O/c1-13(2,12(20)18-3)9-19-8-10-6-4-5-7-11(10)14(15,16)17/h4-7,19H,8-9H2,1-3H3,(H,18,20). The van der Waals surface area contributed by atoms with E-state index in [2.05, 4.69) is 10.6 Å². The zero-order chi connectivity index (χ0) is 15.4. The van der Waals surface area contributed by atoms with Gasteiger partial charge in [0.1, 0.15) is 0 Å². The number of rotatable bonds is 5. The van der Waals surface area contributed by atoms with Crippen molar-refractivity contribution in [3.63, 3.8) is 0 Å². The molecule has 0 radical (unpaired) electrons. The number of hydrogen-bond acceptors (Lipinski definition) is 2. The summed E-state index contributed by atoms with van der Waals surface area (Å²) in [4.78, 5) is 11.6. The molecule has 0 atom stereocenters. The smallest absolute Gasteiger partial charge is 0.359 e. The molecule has 20 heavy (non-hydrogen) atoms. The number of alkyl halides is 3. The average Bonchev–Trinajstić information content (AvgIpc) is 2.37. The molecule has 3 nitrogen and oxygen atoms in total. The van der Waals surface area contributed by atoms with Gasteiger partial charge in [-0.05, 0) is 25.5 Å². The summed E-state index contributed by atoms with van der Waals surface area (Å²) >= 11 is 0. The van der Waals surface area contributed by atoms with E-state index in [1.54, 1.807) is 19.9 Å². The Kier molecular flexibility index (Phi) is 5.16. The largest absolute Gasteiger partial charge is 0.416 e. The van der Waals surface area contributed by atoms with Gasteiger partial charge in [0.15, 0.2) is 0 Å². The van der Waals surface area contributed by atoms with Crippen LogP contribution >= 0.6 is 0 Å². The molecular formula is C14H19F3N2O. The maximum atomic E-state index is 12.8. The Morgan fingerprint density at radius 3 is 2.35 bits per heavy atom. The summed E-state index contributed by atoms with van der Waals surface area (Å²) in [6.07, 6.45) is -4.37. The Bertz CT molecular complexity index is 470. The van der Waals surface area contributed by atoms with E-state index in [0.717, 1.165) is 6.07 Å². The molecule has 0 aliphatic rings. The van der Waals surface area contributed by atoms with Crippen molar-refractivity contribution in [3.8, 4) is 0 Å². The summed E-state index contributed by atoms with van der Waals surface area (Å²) in [6.45, 7) is 3.82. The minimum atomic E-state index is -4.37. The highest BCUT2D eigenvalue weighted by molar-refractivity contribution is 5.81. The van der Waals surface area contributed by atoms with Gasteiger partial charge in [0, 0.05) is 20.1 Å². The van der Waals surface area contributed by atoms with Gasteiger partial charge in [-0.1, -0.05) is 18.2 Å². The summed E-state index contributed by atoms with van der Waals surface area (Å²) in [7, 11) is 1.53. The Balaban J connectivity index is 2.70. The van der Waals surface area contributed by atoms with Crippen LogP contribution in [0.15, 0.2) is 24.3 Å². The van der Waals surface area contributed by atoms with Crippen LogP contribution < -0.4 is 10.6 Å². The van der Waals surface area contributed by atoms with Gasteiger partial charge < -0.3 is 10.6 Å². The summed E-state index contributed by atoms with van der Waals surface area (Å²) in [6, 6.07) is 5.42. The van der Waals surface area contributed by atoms with Crippen molar-refractivity contribution in [3.05, 3.63) is 35.4 Å². The van der Waals surface area contributed by atoms with Crippen molar-refractivity contribution in [1.29, 1.82) is 0 Å². The van der Waals surface area contributed by atoms with Crippen LogP contribution in [0, 0.1) is 5.41 Å². The maximum absolute atomic E-state index is 12.8. The van der Waals surface area contributed by atoms with E-state index in [4.69, 9.17) is 0 Å². The van der Waals surface area contributed by atoms with Crippen LogP contribution in [-0.4, -0.2) is 19.5 Å². The van der Waals surface area contributed by atoms with Gasteiger partial charge in [-0.3, -0.25) is 4.79 Å². The number of nitrogens with one attached hydrogen (secondary N) is 2. The lowest BCUT2D eigenvalue weighted by Crippen LogP contribution is -2.42. The Hall–Kier alpha value is -1.56. The first-order valence-corrected chi connectivity index (χ1v) is 6.26. The molecule has 0 aliphatic carbocycles. The van der Waals surface area contributed by atoms with Crippen LogP contribution in [0.25, 0.3) is 0 Å². The maximum Gasteiger partial charge on any atom is 0.416 e. The zero-order valence-corrected chi connectivity index (χ0v) is 11.8. The van der Waals surface area contributed by atoms with Crippen LogP contribution in [0.5, 0.6) is 0 Å². The first-order chi connectivity index (χ1) is 9.18. The lowest BCUT2D eigenvalue weighted by atomic mass is 9.92. The van der Waals surface area contributed by atoms with Crippen LogP contribution in [0.4, 0.5) is 13.2 Å². The van der Waals surface area contributed by atoms with Gasteiger partial charge in [-0.2, -0.15) is 13.2 Å². The van der Waals surface area contributed by atoms with E-state index in [1.165, 1.54) is 19.2 Å².